The Bertz CT molecular complexity index is 2010. The first-order chi connectivity index (χ1) is 20.3. The average molecular weight is 556 g/mol. The Labute approximate surface area is 242 Å². The van der Waals surface area contributed by atoms with Gasteiger partial charge in [0.2, 0.25) is 0 Å². The Morgan fingerprint density at radius 1 is 1.10 bits per heavy atom. The van der Waals surface area contributed by atoms with Gasteiger partial charge in [0.05, 0.1) is 17.1 Å². The SMILES string of the molecule is Cn1cc(C#N)nc1-c1cc(C#N)ccc1-c1cc(C2CC2)nc(-n2cnc3cc(CNC4(C)CCC4)[nH]c3c2=O)c1. The third-order valence-corrected chi connectivity index (χ3v) is 8.53. The maximum atomic E-state index is 13.8. The van der Waals surface area contributed by atoms with E-state index >= 15 is 0 Å². The predicted octanol–water partition coefficient (Wildman–Crippen LogP) is 4.83. The molecule has 0 amide bonds. The first-order valence-electron chi connectivity index (χ1n) is 14.2. The molecule has 208 valence electrons. The van der Waals surface area contributed by atoms with E-state index in [1.54, 1.807) is 29.2 Å². The van der Waals surface area contributed by atoms with Crippen LogP contribution in [0.4, 0.5) is 0 Å². The van der Waals surface area contributed by atoms with Crippen molar-refractivity contribution in [2.45, 2.75) is 57.0 Å². The number of hydrogen-bond acceptors (Lipinski definition) is 7. The number of nitriles is 2. The largest absolute Gasteiger partial charge is 0.351 e. The first-order valence-corrected chi connectivity index (χ1v) is 14.2. The van der Waals surface area contributed by atoms with Crippen LogP contribution in [-0.4, -0.2) is 34.6 Å². The molecule has 2 fully saturated rings. The summed E-state index contributed by atoms with van der Waals surface area (Å²) in [6.07, 6.45) is 8.85. The maximum Gasteiger partial charge on any atom is 0.283 e. The number of aromatic nitrogens is 6. The molecule has 0 saturated heterocycles. The smallest absolute Gasteiger partial charge is 0.283 e. The van der Waals surface area contributed by atoms with E-state index in [2.05, 4.69) is 45.4 Å². The Balaban J connectivity index is 1.33. The molecule has 5 aromatic rings. The fraction of sp³-hybridized carbons (Fsp3) is 0.312. The molecule has 0 bridgehead atoms. The highest BCUT2D eigenvalue weighted by Gasteiger charge is 2.31. The Hall–Kier alpha value is -5.06. The standard InChI is InChI=1S/C32H29N9O/c1-32(8-3-9-32)36-16-22-13-27-29(37-22)31(42)41(18-35-27)28-12-21(11-26(39-28)20-5-6-20)24-7-4-19(14-33)10-25(24)30-38-23(15-34)17-40(30)2/h4,7,10-13,17-18,20,36-37H,3,5-6,8-9,16H2,1-2H3. The lowest BCUT2D eigenvalue weighted by molar-refractivity contribution is 0.206. The maximum absolute atomic E-state index is 13.8. The second kappa shape index (κ2) is 9.79. The van der Waals surface area contributed by atoms with Gasteiger partial charge < -0.3 is 14.9 Å². The van der Waals surface area contributed by atoms with Crippen LogP contribution in [0.2, 0.25) is 0 Å². The minimum Gasteiger partial charge on any atom is -0.351 e. The Morgan fingerprint density at radius 3 is 2.62 bits per heavy atom. The van der Waals surface area contributed by atoms with Crippen LogP contribution in [0.3, 0.4) is 0 Å². The second-order valence-corrected chi connectivity index (χ2v) is 11.7. The molecule has 2 saturated carbocycles. The van der Waals surface area contributed by atoms with Gasteiger partial charge >= 0.3 is 0 Å². The van der Waals surface area contributed by atoms with E-state index in [4.69, 9.17) is 4.98 Å². The lowest BCUT2D eigenvalue weighted by Crippen LogP contribution is -2.47. The van der Waals surface area contributed by atoms with Crippen molar-refractivity contribution < 1.29 is 0 Å². The summed E-state index contributed by atoms with van der Waals surface area (Å²) < 4.78 is 3.28. The molecular weight excluding hydrogens is 526 g/mol. The number of nitrogens with zero attached hydrogens (tertiary/aromatic N) is 7. The fourth-order valence-electron chi connectivity index (χ4n) is 5.73. The lowest BCUT2D eigenvalue weighted by atomic mass is 9.78. The number of hydrogen-bond donors (Lipinski definition) is 2. The van der Waals surface area contributed by atoms with Gasteiger partial charge in [0.15, 0.2) is 5.69 Å². The molecule has 0 radical (unpaired) electrons. The zero-order chi connectivity index (χ0) is 29.0. The summed E-state index contributed by atoms with van der Waals surface area (Å²) >= 11 is 0. The van der Waals surface area contributed by atoms with Gasteiger partial charge in [-0.1, -0.05) is 6.07 Å². The summed E-state index contributed by atoms with van der Waals surface area (Å²) in [6.45, 7) is 2.88. The van der Waals surface area contributed by atoms with Gasteiger partial charge in [-0.2, -0.15) is 10.5 Å². The Morgan fingerprint density at radius 2 is 1.93 bits per heavy atom. The zero-order valence-corrected chi connectivity index (χ0v) is 23.5. The topological polar surface area (TPSA) is 141 Å². The Kier molecular flexibility index (Phi) is 6.03. The van der Waals surface area contributed by atoms with Gasteiger partial charge in [-0.05, 0) is 80.5 Å². The van der Waals surface area contributed by atoms with E-state index in [-0.39, 0.29) is 11.1 Å². The average Bonchev–Trinajstić information content (AvgIpc) is 3.65. The van der Waals surface area contributed by atoms with Gasteiger partial charge in [-0.25, -0.2) is 19.5 Å². The molecule has 4 aromatic heterocycles. The van der Waals surface area contributed by atoms with E-state index in [1.807, 2.05) is 25.2 Å². The van der Waals surface area contributed by atoms with Crippen molar-refractivity contribution in [3.63, 3.8) is 0 Å². The van der Waals surface area contributed by atoms with Gasteiger partial charge in [0.1, 0.15) is 29.6 Å². The van der Waals surface area contributed by atoms with Gasteiger partial charge in [0, 0.05) is 48.2 Å². The van der Waals surface area contributed by atoms with Crippen molar-refractivity contribution in [3.05, 3.63) is 81.9 Å². The first kappa shape index (κ1) is 25.9. The molecule has 2 aliphatic carbocycles. The summed E-state index contributed by atoms with van der Waals surface area (Å²) in [7, 11) is 1.83. The van der Waals surface area contributed by atoms with Gasteiger partial charge in [-0.15, -0.1) is 0 Å². The van der Waals surface area contributed by atoms with Gasteiger partial charge in [-0.3, -0.25) is 4.79 Å². The number of aryl methyl sites for hydroxylation is 1. The van der Waals surface area contributed by atoms with Crippen LogP contribution < -0.4 is 10.9 Å². The summed E-state index contributed by atoms with van der Waals surface area (Å²) in [5.74, 6) is 1.39. The van der Waals surface area contributed by atoms with Crippen LogP contribution in [-0.2, 0) is 13.6 Å². The van der Waals surface area contributed by atoms with Gasteiger partial charge in [0.25, 0.3) is 5.56 Å². The number of imidazole rings is 1. The van der Waals surface area contributed by atoms with Crippen molar-refractivity contribution >= 4 is 11.0 Å². The normalized spacial score (nSPS) is 15.7. The molecule has 0 spiro atoms. The summed E-state index contributed by atoms with van der Waals surface area (Å²) in [5, 5.41) is 22.7. The summed E-state index contributed by atoms with van der Waals surface area (Å²) in [4.78, 5) is 31.1. The minimum absolute atomic E-state index is 0.157. The van der Waals surface area contributed by atoms with E-state index in [1.165, 1.54) is 11.0 Å². The van der Waals surface area contributed by atoms with Crippen LogP contribution in [0.25, 0.3) is 39.4 Å². The van der Waals surface area contributed by atoms with Crippen molar-refractivity contribution in [1.82, 2.24) is 34.4 Å². The lowest BCUT2D eigenvalue weighted by Gasteiger charge is -2.39. The number of rotatable bonds is 7. The molecule has 7 rings (SSSR count). The fourth-order valence-corrected chi connectivity index (χ4v) is 5.73. The molecule has 0 aliphatic heterocycles. The second-order valence-electron chi connectivity index (χ2n) is 11.7. The molecule has 42 heavy (non-hydrogen) atoms. The number of H-pyrrole nitrogens is 1. The third kappa shape index (κ3) is 4.56. The van der Waals surface area contributed by atoms with Crippen molar-refractivity contribution in [3.8, 4) is 40.5 Å². The van der Waals surface area contributed by atoms with Crippen LogP contribution in [0, 0.1) is 22.7 Å². The molecule has 2 aliphatic rings. The summed E-state index contributed by atoms with van der Waals surface area (Å²) in [5.41, 5.74) is 6.04. The number of fused-ring (bicyclic) bond motifs is 1. The minimum atomic E-state index is -0.213. The van der Waals surface area contributed by atoms with E-state index in [0.717, 1.165) is 53.8 Å². The van der Waals surface area contributed by atoms with Crippen LogP contribution in [0.1, 0.15) is 67.6 Å². The van der Waals surface area contributed by atoms with Crippen LogP contribution in [0.5, 0.6) is 0 Å². The molecule has 0 unspecified atom stereocenters. The highest BCUT2D eigenvalue weighted by molar-refractivity contribution is 5.83. The van der Waals surface area contributed by atoms with Crippen LogP contribution >= 0.6 is 0 Å². The number of aromatic amines is 1. The monoisotopic (exact) mass is 555 g/mol. The predicted molar refractivity (Wildman–Crippen MR) is 158 cm³/mol. The number of pyridine rings is 1. The molecule has 4 heterocycles. The van der Waals surface area contributed by atoms with E-state index < -0.39 is 0 Å². The summed E-state index contributed by atoms with van der Waals surface area (Å²) in [6, 6.07) is 15.6. The number of nitrogens with one attached hydrogen (secondary N) is 2. The highest BCUT2D eigenvalue weighted by atomic mass is 16.1. The van der Waals surface area contributed by atoms with Crippen molar-refractivity contribution in [2.75, 3.05) is 0 Å². The number of benzene rings is 1. The highest BCUT2D eigenvalue weighted by Crippen LogP contribution is 2.42. The molecule has 10 heteroatoms. The quantitative estimate of drug-likeness (QED) is 0.293. The van der Waals surface area contributed by atoms with E-state index in [0.29, 0.717) is 46.4 Å². The van der Waals surface area contributed by atoms with Crippen molar-refractivity contribution in [1.29, 1.82) is 10.5 Å². The molecule has 0 atom stereocenters. The third-order valence-electron chi connectivity index (χ3n) is 8.53. The molecule has 1 aromatic carbocycles. The molecule has 10 nitrogen and oxygen atoms in total. The van der Waals surface area contributed by atoms with Crippen LogP contribution in [0.15, 0.2) is 53.7 Å². The molecular formula is C32H29N9O. The van der Waals surface area contributed by atoms with E-state index in [9.17, 15) is 15.3 Å². The van der Waals surface area contributed by atoms with Crippen molar-refractivity contribution in [2.24, 2.45) is 7.05 Å². The molecule has 2 N–H and O–H groups in total. The zero-order valence-electron chi connectivity index (χ0n) is 23.5.